The summed E-state index contributed by atoms with van der Waals surface area (Å²) in [6.45, 7) is 6.24. The minimum atomic E-state index is -0.357. The van der Waals surface area contributed by atoms with Crippen molar-refractivity contribution in [3.8, 4) is 0 Å². The molecule has 2 amide bonds. The predicted octanol–water partition coefficient (Wildman–Crippen LogP) is 3.94. The molecule has 5 heteroatoms. The van der Waals surface area contributed by atoms with Gasteiger partial charge in [0, 0.05) is 31.7 Å². The minimum absolute atomic E-state index is 0.117. The van der Waals surface area contributed by atoms with E-state index >= 15 is 0 Å². The fourth-order valence-electron chi connectivity index (χ4n) is 3.71. The number of benzene rings is 2. The maximum atomic E-state index is 13.3. The summed E-state index contributed by atoms with van der Waals surface area (Å²) in [5.74, 6) is -0.258. The Hall–Kier alpha value is -2.69. The number of rotatable bonds is 5. The van der Waals surface area contributed by atoms with Crippen LogP contribution in [-0.2, 0) is 4.79 Å². The van der Waals surface area contributed by atoms with Crippen LogP contribution in [0.25, 0.3) is 0 Å². The van der Waals surface area contributed by atoms with Crippen molar-refractivity contribution >= 4 is 11.8 Å². The van der Waals surface area contributed by atoms with Crippen LogP contribution in [0.5, 0.6) is 0 Å². The van der Waals surface area contributed by atoms with E-state index < -0.39 is 0 Å². The van der Waals surface area contributed by atoms with Crippen LogP contribution in [0.1, 0.15) is 42.1 Å². The second-order valence-electron chi connectivity index (χ2n) is 7.40. The van der Waals surface area contributed by atoms with Gasteiger partial charge < -0.3 is 9.80 Å². The fraction of sp³-hybridized carbons (Fsp3) is 0.391. The number of nitrogens with zero attached hydrogens (tertiary/aromatic N) is 2. The van der Waals surface area contributed by atoms with E-state index in [1.807, 2.05) is 35.2 Å². The van der Waals surface area contributed by atoms with Crippen molar-refractivity contribution in [2.24, 2.45) is 5.92 Å². The van der Waals surface area contributed by atoms with Crippen molar-refractivity contribution in [2.45, 2.75) is 26.2 Å². The molecular formula is C23H27FN2O2. The van der Waals surface area contributed by atoms with Crippen LogP contribution < -0.4 is 0 Å². The van der Waals surface area contributed by atoms with Crippen LogP contribution >= 0.6 is 0 Å². The first kappa shape index (κ1) is 20.1. The lowest BCUT2D eigenvalue weighted by Crippen LogP contribution is -2.52. The van der Waals surface area contributed by atoms with Crippen molar-refractivity contribution in [1.82, 2.24) is 9.80 Å². The van der Waals surface area contributed by atoms with E-state index in [2.05, 4.69) is 13.8 Å². The van der Waals surface area contributed by atoms with Gasteiger partial charge in [-0.05, 0) is 35.7 Å². The lowest BCUT2D eigenvalue weighted by Gasteiger charge is -2.37. The maximum absolute atomic E-state index is 13.3. The molecule has 1 aliphatic rings. The van der Waals surface area contributed by atoms with Crippen LogP contribution in [-0.4, -0.2) is 47.8 Å². The summed E-state index contributed by atoms with van der Waals surface area (Å²) in [6.07, 6.45) is 0.925. The Morgan fingerprint density at radius 3 is 2.07 bits per heavy atom. The summed E-state index contributed by atoms with van der Waals surface area (Å²) in [7, 11) is 0. The standard InChI is InChI=1S/C23H27FN2O2/c1-3-17(2)21(18-7-5-4-6-8-18)23(28)26-15-13-25(14-16-26)22(27)19-9-11-20(24)12-10-19/h4-12,17,21H,3,13-16H2,1-2H3. The molecule has 0 bridgehead atoms. The molecule has 28 heavy (non-hydrogen) atoms. The summed E-state index contributed by atoms with van der Waals surface area (Å²) in [5.41, 5.74) is 1.52. The Labute approximate surface area is 166 Å². The molecule has 3 rings (SSSR count). The van der Waals surface area contributed by atoms with Gasteiger partial charge in [-0.2, -0.15) is 0 Å². The van der Waals surface area contributed by atoms with Gasteiger partial charge in [0.2, 0.25) is 5.91 Å². The molecule has 2 aromatic rings. The average Bonchev–Trinajstić information content (AvgIpc) is 2.74. The topological polar surface area (TPSA) is 40.6 Å². The second kappa shape index (κ2) is 9.00. The zero-order valence-electron chi connectivity index (χ0n) is 16.5. The van der Waals surface area contributed by atoms with E-state index in [9.17, 15) is 14.0 Å². The molecule has 2 atom stereocenters. The van der Waals surface area contributed by atoms with Gasteiger partial charge in [0.05, 0.1) is 5.92 Å². The molecular weight excluding hydrogens is 355 g/mol. The first-order valence-electron chi connectivity index (χ1n) is 9.89. The van der Waals surface area contributed by atoms with Crippen LogP contribution in [0, 0.1) is 11.7 Å². The molecule has 0 aliphatic carbocycles. The largest absolute Gasteiger partial charge is 0.339 e. The molecule has 1 aliphatic heterocycles. The molecule has 1 heterocycles. The van der Waals surface area contributed by atoms with E-state index in [-0.39, 0.29) is 29.5 Å². The SMILES string of the molecule is CCC(C)C(C(=O)N1CCN(C(=O)c2ccc(F)cc2)CC1)c1ccccc1. The number of hydrogen-bond donors (Lipinski definition) is 0. The van der Waals surface area contributed by atoms with Crippen molar-refractivity contribution < 1.29 is 14.0 Å². The summed E-state index contributed by atoms with van der Waals surface area (Å²) in [4.78, 5) is 29.5. The minimum Gasteiger partial charge on any atom is -0.339 e. The van der Waals surface area contributed by atoms with Gasteiger partial charge in [-0.15, -0.1) is 0 Å². The van der Waals surface area contributed by atoms with Gasteiger partial charge in [-0.25, -0.2) is 4.39 Å². The summed E-state index contributed by atoms with van der Waals surface area (Å²) in [6, 6.07) is 15.5. The van der Waals surface area contributed by atoms with Crippen molar-refractivity contribution in [2.75, 3.05) is 26.2 Å². The van der Waals surface area contributed by atoms with Gasteiger partial charge in [-0.1, -0.05) is 50.6 Å². The molecule has 148 valence electrons. The van der Waals surface area contributed by atoms with Crippen LogP contribution in [0.3, 0.4) is 0 Å². The van der Waals surface area contributed by atoms with E-state index in [4.69, 9.17) is 0 Å². The van der Waals surface area contributed by atoms with E-state index in [1.165, 1.54) is 24.3 Å². The second-order valence-corrected chi connectivity index (χ2v) is 7.40. The first-order valence-corrected chi connectivity index (χ1v) is 9.89. The molecule has 1 fully saturated rings. The summed E-state index contributed by atoms with van der Waals surface area (Å²) >= 11 is 0. The van der Waals surface area contributed by atoms with E-state index in [0.29, 0.717) is 31.7 Å². The summed E-state index contributed by atoms with van der Waals surface area (Å²) < 4.78 is 13.1. The number of amides is 2. The maximum Gasteiger partial charge on any atom is 0.253 e. The zero-order valence-corrected chi connectivity index (χ0v) is 16.5. The molecule has 0 saturated carbocycles. The number of halogens is 1. The Morgan fingerprint density at radius 2 is 1.50 bits per heavy atom. The van der Waals surface area contributed by atoms with E-state index in [1.54, 1.807) is 4.90 Å². The third-order valence-corrected chi connectivity index (χ3v) is 5.61. The average molecular weight is 382 g/mol. The third kappa shape index (κ3) is 4.41. The summed E-state index contributed by atoms with van der Waals surface area (Å²) in [5, 5.41) is 0. The van der Waals surface area contributed by atoms with Crippen LogP contribution in [0.4, 0.5) is 4.39 Å². The van der Waals surface area contributed by atoms with Gasteiger partial charge in [0.1, 0.15) is 5.82 Å². The molecule has 0 spiro atoms. The number of hydrogen-bond acceptors (Lipinski definition) is 2. The Balaban J connectivity index is 1.66. The molecule has 2 unspecified atom stereocenters. The normalized spacial score (nSPS) is 16.5. The molecule has 0 N–H and O–H groups in total. The zero-order chi connectivity index (χ0) is 20.1. The fourth-order valence-corrected chi connectivity index (χ4v) is 3.71. The monoisotopic (exact) mass is 382 g/mol. The van der Waals surface area contributed by atoms with Crippen molar-refractivity contribution in [3.63, 3.8) is 0 Å². The lowest BCUT2D eigenvalue weighted by molar-refractivity contribution is -0.135. The molecule has 4 nitrogen and oxygen atoms in total. The first-order chi connectivity index (χ1) is 13.5. The highest BCUT2D eigenvalue weighted by Crippen LogP contribution is 2.29. The predicted molar refractivity (Wildman–Crippen MR) is 108 cm³/mol. The highest BCUT2D eigenvalue weighted by molar-refractivity contribution is 5.94. The number of carbonyl (C=O) groups excluding carboxylic acids is 2. The van der Waals surface area contributed by atoms with Crippen molar-refractivity contribution in [1.29, 1.82) is 0 Å². The molecule has 0 radical (unpaired) electrons. The van der Waals surface area contributed by atoms with E-state index in [0.717, 1.165) is 12.0 Å². The van der Waals surface area contributed by atoms with Gasteiger partial charge in [-0.3, -0.25) is 9.59 Å². The van der Waals surface area contributed by atoms with Crippen molar-refractivity contribution in [3.05, 3.63) is 71.5 Å². The molecule has 0 aromatic heterocycles. The Bertz CT molecular complexity index is 799. The van der Waals surface area contributed by atoms with Crippen LogP contribution in [0.2, 0.25) is 0 Å². The van der Waals surface area contributed by atoms with Gasteiger partial charge in [0.25, 0.3) is 5.91 Å². The number of piperazine rings is 1. The Kier molecular flexibility index (Phi) is 6.45. The van der Waals surface area contributed by atoms with Gasteiger partial charge >= 0.3 is 0 Å². The molecule has 2 aromatic carbocycles. The highest BCUT2D eigenvalue weighted by Gasteiger charge is 2.32. The van der Waals surface area contributed by atoms with Gasteiger partial charge in [0.15, 0.2) is 0 Å². The number of carbonyl (C=O) groups is 2. The Morgan fingerprint density at radius 1 is 0.929 bits per heavy atom. The van der Waals surface area contributed by atoms with Crippen LogP contribution in [0.15, 0.2) is 54.6 Å². The quantitative estimate of drug-likeness (QED) is 0.786. The smallest absolute Gasteiger partial charge is 0.253 e. The highest BCUT2D eigenvalue weighted by atomic mass is 19.1. The third-order valence-electron chi connectivity index (χ3n) is 5.61. The lowest BCUT2D eigenvalue weighted by atomic mass is 9.84. The molecule has 1 saturated heterocycles.